The lowest BCUT2D eigenvalue weighted by Crippen LogP contribution is -2.49. The van der Waals surface area contributed by atoms with Crippen molar-refractivity contribution >= 4 is 22.8 Å². The van der Waals surface area contributed by atoms with Crippen molar-refractivity contribution in [3.8, 4) is 0 Å². The molecule has 2 saturated heterocycles. The van der Waals surface area contributed by atoms with Gasteiger partial charge in [0, 0.05) is 31.5 Å². The molecule has 0 amide bonds. The topological polar surface area (TPSA) is 58.0 Å². The molecule has 0 N–H and O–H groups in total. The largest absolute Gasteiger partial charge is 0.353 e. The van der Waals surface area contributed by atoms with Gasteiger partial charge in [0.2, 0.25) is 5.95 Å². The molecule has 1 aromatic carbocycles. The molecule has 26 heavy (non-hydrogen) atoms. The summed E-state index contributed by atoms with van der Waals surface area (Å²) in [6.45, 7) is 5.05. The fourth-order valence-electron chi connectivity index (χ4n) is 4.27. The van der Waals surface area contributed by atoms with Crippen molar-refractivity contribution < 1.29 is 0 Å². The molecule has 0 bridgehead atoms. The number of anilines is 2. The van der Waals surface area contributed by atoms with Crippen molar-refractivity contribution in [2.24, 2.45) is 5.92 Å². The summed E-state index contributed by atoms with van der Waals surface area (Å²) in [6, 6.07) is 10.4. The summed E-state index contributed by atoms with van der Waals surface area (Å²) >= 11 is 0. The summed E-state index contributed by atoms with van der Waals surface area (Å²) in [5, 5.41) is 0. The second-order valence-corrected chi connectivity index (χ2v) is 7.26. The molecular formula is C20H22N6. The normalized spacial score (nSPS) is 22.7. The lowest BCUT2D eigenvalue weighted by Gasteiger charge is -2.39. The van der Waals surface area contributed by atoms with Gasteiger partial charge in [-0.1, -0.05) is 12.1 Å². The highest BCUT2D eigenvalue weighted by Gasteiger charge is 2.39. The van der Waals surface area contributed by atoms with E-state index < -0.39 is 0 Å². The van der Waals surface area contributed by atoms with Gasteiger partial charge >= 0.3 is 0 Å². The van der Waals surface area contributed by atoms with Crippen LogP contribution in [0.25, 0.3) is 11.0 Å². The number of fused-ring (bicyclic) bond motifs is 2. The monoisotopic (exact) mass is 346 g/mol. The lowest BCUT2D eigenvalue weighted by atomic mass is 9.92. The van der Waals surface area contributed by atoms with Gasteiger partial charge in [-0.05, 0) is 43.9 Å². The fraction of sp³-hybridized carbons (Fsp3) is 0.400. The first-order valence-electron chi connectivity index (χ1n) is 9.31. The van der Waals surface area contributed by atoms with Gasteiger partial charge in [-0.15, -0.1) is 0 Å². The first kappa shape index (κ1) is 15.5. The lowest BCUT2D eigenvalue weighted by molar-refractivity contribution is 0.387. The quantitative estimate of drug-likeness (QED) is 0.711. The summed E-state index contributed by atoms with van der Waals surface area (Å²) in [5.74, 6) is 2.55. The predicted molar refractivity (Wildman–Crippen MR) is 102 cm³/mol. The van der Waals surface area contributed by atoms with E-state index in [0.29, 0.717) is 12.0 Å². The maximum atomic E-state index is 4.84. The number of aryl methyl sites for hydroxylation is 1. The zero-order valence-corrected chi connectivity index (χ0v) is 14.9. The average molecular weight is 346 g/mol. The number of aromatic nitrogens is 4. The van der Waals surface area contributed by atoms with Crippen LogP contribution in [0.2, 0.25) is 0 Å². The third kappa shape index (κ3) is 2.66. The summed E-state index contributed by atoms with van der Waals surface area (Å²) in [5.41, 5.74) is 2.92. The Labute approximate surface area is 152 Å². The molecule has 2 atom stereocenters. The molecule has 2 fully saturated rings. The summed E-state index contributed by atoms with van der Waals surface area (Å²) in [4.78, 5) is 23.4. The highest BCUT2D eigenvalue weighted by atomic mass is 15.3. The van der Waals surface area contributed by atoms with Crippen molar-refractivity contribution in [2.45, 2.75) is 25.8 Å². The van der Waals surface area contributed by atoms with Gasteiger partial charge in [0.15, 0.2) is 0 Å². The Kier molecular flexibility index (Phi) is 3.69. The molecule has 3 aromatic rings. The summed E-state index contributed by atoms with van der Waals surface area (Å²) in [6.07, 6.45) is 6.17. The van der Waals surface area contributed by atoms with Crippen molar-refractivity contribution in [2.75, 3.05) is 29.4 Å². The summed E-state index contributed by atoms with van der Waals surface area (Å²) < 4.78 is 0. The highest BCUT2D eigenvalue weighted by molar-refractivity contribution is 5.75. The number of hydrogen-bond acceptors (Lipinski definition) is 6. The number of para-hydroxylation sites is 2. The first-order chi connectivity index (χ1) is 12.8. The van der Waals surface area contributed by atoms with Gasteiger partial charge < -0.3 is 9.80 Å². The Hall–Kier alpha value is -2.76. The van der Waals surface area contributed by atoms with Crippen LogP contribution in [-0.2, 0) is 0 Å². The Morgan fingerprint density at radius 3 is 2.69 bits per heavy atom. The van der Waals surface area contributed by atoms with E-state index >= 15 is 0 Å². The number of rotatable bonds is 2. The van der Waals surface area contributed by atoms with E-state index in [-0.39, 0.29) is 0 Å². The van der Waals surface area contributed by atoms with Gasteiger partial charge in [-0.2, -0.15) is 0 Å². The van der Waals surface area contributed by atoms with E-state index in [1.165, 1.54) is 12.8 Å². The van der Waals surface area contributed by atoms with Crippen LogP contribution in [0.5, 0.6) is 0 Å². The Morgan fingerprint density at radius 2 is 1.81 bits per heavy atom. The predicted octanol–water partition coefficient (Wildman–Crippen LogP) is 2.83. The first-order valence-corrected chi connectivity index (χ1v) is 9.31. The fourth-order valence-corrected chi connectivity index (χ4v) is 4.27. The van der Waals surface area contributed by atoms with Crippen molar-refractivity contribution in [3.63, 3.8) is 0 Å². The number of hydrogen-bond donors (Lipinski definition) is 0. The minimum absolute atomic E-state index is 0.443. The molecule has 2 aliphatic heterocycles. The summed E-state index contributed by atoms with van der Waals surface area (Å²) in [7, 11) is 0. The minimum atomic E-state index is 0.443. The van der Waals surface area contributed by atoms with E-state index in [4.69, 9.17) is 4.98 Å². The van der Waals surface area contributed by atoms with E-state index in [9.17, 15) is 0 Å². The van der Waals surface area contributed by atoms with Gasteiger partial charge in [0.25, 0.3) is 0 Å². The number of benzene rings is 1. The molecular weight excluding hydrogens is 324 g/mol. The van der Waals surface area contributed by atoms with E-state index in [1.807, 2.05) is 49.6 Å². The zero-order chi connectivity index (χ0) is 17.5. The molecule has 0 radical (unpaired) electrons. The van der Waals surface area contributed by atoms with Gasteiger partial charge in [0.1, 0.15) is 5.82 Å². The van der Waals surface area contributed by atoms with E-state index in [2.05, 4.69) is 24.8 Å². The standard InChI is InChI=1S/C20H22N6/c1-14-6-9-21-20(23-14)26-11-8-15-7-10-25(13-18(15)26)19-12-22-16-4-2-3-5-17(16)24-19/h2-6,9,12,15,18H,7-8,10-11,13H2,1H3. The van der Waals surface area contributed by atoms with Crippen LogP contribution in [0.15, 0.2) is 42.7 Å². The van der Waals surface area contributed by atoms with Crippen LogP contribution in [0.3, 0.4) is 0 Å². The van der Waals surface area contributed by atoms with Gasteiger partial charge in [0.05, 0.1) is 23.3 Å². The Bertz CT molecular complexity index is 942. The third-order valence-corrected chi connectivity index (χ3v) is 5.66. The van der Waals surface area contributed by atoms with Crippen molar-refractivity contribution in [1.29, 1.82) is 0 Å². The second-order valence-electron chi connectivity index (χ2n) is 7.26. The van der Waals surface area contributed by atoms with Gasteiger partial charge in [-0.25, -0.2) is 15.0 Å². The Morgan fingerprint density at radius 1 is 0.962 bits per heavy atom. The molecule has 6 heteroatoms. The van der Waals surface area contributed by atoms with Crippen molar-refractivity contribution in [1.82, 2.24) is 19.9 Å². The molecule has 6 nitrogen and oxygen atoms in total. The zero-order valence-electron chi connectivity index (χ0n) is 14.9. The molecule has 2 aromatic heterocycles. The SMILES string of the molecule is Cc1ccnc(N2CCC3CCN(c4cnc5ccccc5n4)CC32)n1. The molecule has 2 aliphatic rings. The molecule has 0 saturated carbocycles. The number of piperidine rings is 1. The van der Waals surface area contributed by atoms with Crippen LogP contribution in [0.1, 0.15) is 18.5 Å². The maximum absolute atomic E-state index is 4.84. The third-order valence-electron chi connectivity index (χ3n) is 5.66. The molecule has 5 rings (SSSR count). The van der Waals surface area contributed by atoms with Crippen LogP contribution in [-0.4, -0.2) is 45.6 Å². The van der Waals surface area contributed by atoms with E-state index in [0.717, 1.165) is 48.1 Å². The molecule has 2 unspecified atom stereocenters. The van der Waals surface area contributed by atoms with Crippen molar-refractivity contribution in [3.05, 3.63) is 48.4 Å². The molecule has 0 aliphatic carbocycles. The number of nitrogens with zero attached hydrogens (tertiary/aromatic N) is 6. The smallest absolute Gasteiger partial charge is 0.225 e. The minimum Gasteiger partial charge on any atom is -0.353 e. The van der Waals surface area contributed by atoms with Crippen LogP contribution in [0.4, 0.5) is 11.8 Å². The molecule has 0 spiro atoms. The highest BCUT2D eigenvalue weighted by Crippen LogP contribution is 2.35. The Balaban J connectivity index is 1.42. The van der Waals surface area contributed by atoms with Gasteiger partial charge in [-0.3, -0.25) is 4.98 Å². The van der Waals surface area contributed by atoms with Crippen LogP contribution in [0, 0.1) is 12.8 Å². The van der Waals surface area contributed by atoms with Crippen LogP contribution >= 0.6 is 0 Å². The molecule has 4 heterocycles. The average Bonchev–Trinajstić information content (AvgIpc) is 3.11. The second kappa shape index (κ2) is 6.20. The maximum Gasteiger partial charge on any atom is 0.225 e. The van der Waals surface area contributed by atoms with Crippen LogP contribution < -0.4 is 9.80 Å². The van der Waals surface area contributed by atoms with E-state index in [1.54, 1.807) is 0 Å². The molecule has 132 valence electrons.